The van der Waals surface area contributed by atoms with E-state index in [1.165, 1.54) is 34.6 Å². The molecule has 1 N–H and O–H groups in total. The largest absolute Gasteiger partial charge is 0.456 e. The third-order valence-corrected chi connectivity index (χ3v) is 5.81. The Labute approximate surface area is 216 Å². The van der Waals surface area contributed by atoms with Gasteiger partial charge in [-0.1, -0.05) is 0 Å². The van der Waals surface area contributed by atoms with Crippen molar-refractivity contribution in [2.24, 2.45) is 0 Å². The summed E-state index contributed by atoms with van der Waals surface area (Å²) in [6, 6.07) is -0.628. The van der Waals surface area contributed by atoms with Gasteiger partial charge in [-0.2, -0.15) is 39.5 Å². The Morgan fingerprint density at radius 1 is 0.949 bits per heavy atom. The van der Waals surface area contributed by atoms with Crippen molar-refractivity contribution in [3.8, 4) is 0 Å². The van der Waals surface area contributed by atoms with Crippen LogP contribution in [-0.4, -0.2) is 33.6 Å². The lowest BCUT2D eigenvalue weighted by Crippen LogP contribution is -2.32. The van der Waals surface area contributed by atoms with Gasteiger partial charge in [0, 0.05) is 11.4 Å². The number of carbonyl (C=O) groups excluding carboxylic acids is 2. The van der Waals surface area contributed by atoms with Crippen molar-refractivity contribution in [1.29, 1.82) is 0 Å². The summed E-state index contributed by atoms with van der Waals surface area (Å²) >= 11 is 0. The number of hydrogen-bond donors (Lipinski definition) is 1. The zero-order valence-electron chi connectivity index (χ0n) is 21.1. The van der Waals surface area contributed by atoms with Gasteiger partial charge in [0.25, 0.3) is 0 Å². The van der Waals surface area contributed by atoms with Crippen molar-refractivity contribution in [3.05, 3.63) is 57.4 Å². The normalized spacial score (nSPS) is 18.9. The molecule has 39 heavy (non-hydrogen) atoms. The van der Waals surface area contributed by atoms with Gasteiger partial charge in [0.15, 0.2) is 0 Å². The van der Waals surface area contributed by atoms with Gasteiger partial charge in [-0.05, 0) is 58.4 Å². The van der Waals surface area contributed by atoms with Gasteiger partial charge in [-0.25, -0.2) is 9.59 Å². The van der Waals surface area contributed by atoms with Gasteiger partial charge >= 0.3 is 30.6 Å². The zero-order valence-corrected chi connectivity index (χ0v) is 21.1. The second kappa shape index (κ2) is 9.66. The first-order valence-electron chi connectivity index (χ1n) is 11.3. The third kappa shape index (κ3) is 6.44. The number of halogens is 9. The molecule has 0 bridgehead atoms. The molecular weight excluding hydrogens is 551 g/mol. The van der Waals surface area contributed by atoms with Crippen LogP contribution in [-0.2, 0) is 34.5 Å². The highest BCUT2D eigenvalue weighted by Gasteiger charge is 2.46. The number of cyclic esters (lactones) is 1. The summed E-state index contributed by atoms with van der Waals surface area (Å²) in [6.45, 7) is 5.86. The van der Waals surface area contributed by atoms with E-state index in [-0.39, 0.29) is 11.8 Å². The van der Waals surface area contributed by atoms with E-state index in [1.807, 2.05) is 0 Å². The fourth-order valence-electron chi connectivity index (χ4n) is 4.18. The second-order valence-electron chi connectivity index (χ2n) is 9.99. The van der Waals surface area contributed by atoms with Crippen molar-refractivity contribution < 1.29 is 58.6 Å². The fraction of sp³-hybridized carbons (Fsp3) is 0.500. The number of alkyl halides is 9. The average Bonchev–Trinajstić information content (AvgIpc) is 3.22. The molecule has 0 radical (unpaired) electrons. The minimum Gasteiger partial charge on any atom is -0.456 e. The van der Waals surface area contributed by atoms with Gasteiger partial charge in [0.05, 0.1) is 34.8 Å². The number of aryl methyl sites for hydroxylation is 1. The number of aromatic amines is 1. The number of carbonyl (C=O) groups is 2. The Hall–Kier alpha value is -3.39. The number of amides is 1. The van der Waals surface area contributed by atoms with Crippen LogP contribution in [0.15, 0.2) is 18.2 Å². The molecule has 0 spiro atoms. The van der Waals surface area contributed by atoms with Gasteiger partial charge in [0.2, 0.25) is 0 Å². The van der Waals surface area contributed by atoms with E-state index in [1.54, 1.807) is 0 Å². The minimum absolute atomic E-state index is 0.0990. The smallest absolute Gasteiger partial charge is 0.419 e. The summed E-state index contributed by atoms with van der Waals surface area (Å²) < 4.78 is 132. The summed E-state index contributed by atoms with van der Waals surface area (Å²) in [5, 5.41) is 0. The number of hydrogen-bond acceptors (Lipinski definition) is 4. The predicted octanol–water partition coefficient (Wildman–Crippen LogP) is 7.42. The topological polar surface area (TPSA) is 71.6 Å². The number of benzene rings is 1. The summed E-state index contributed by atoms with van der Waals surface area (Å²) in [6.07, 6.45) is -18.4. The van der Waals surface area contributed by atoms with Crippen LogP contribution in [0.2, 0.25) is 0 Å². The van der Waals surface area contributed by atoms with Crippen LogP contribution in [0.5, 0.6) is 0 Å². The number of rotatable bonds is 4. The molecule has 1 aromatic carbocycles. The Bertz CT molecular complexity index is 1240. The molecule has 1 aromatic heterocycles. The first-order valence-corrected chi connectivity index (χ1v) is 11.3. The van der Waals surface area contributed by atoms with Gasteiger partial charge in [-0.15, -0.1) is 0 Å². The van der Waals surface area contributed by atoms with E-state index < -0.39 is 88.4 Å². The van der Waals surface area contributed by atoms with E-state index in [0.717, 1.165) is 0 Å². The first-order chi connectivity index (χ1) is 17.5. The van der Waals surface area contributed by atoms with E-state index in [9.17, 15) is 49.1 Å². The maximum atomic E-state index is 14.1. The van der Waals surface area contributed by atoms with Crippen LogP contribution in [0.4, 0.5) is 44.3 Å². The molecule has 1 fully saturated rings. The van der Waals surface area contributed by atoms with Crippen molar-refractivity contribution >= 4 is 12.1 Å². The van der Waals surface area contributed by atoms with Gasteiger partial charge in [-0.3, -0.25) is 4.90 Å². The number of nitrogens with one attached hydrogen (secondary N) is 1. The molecule has 1 saturated heterocycles. The molecular formula is C24H23F9N2O4. The van der Waals surface area contributed by atoms with Gasteiger partial charge < -0.3 is 14.5 Å². The highest BCUT2D eigenvalue weighted by atomic mass is 19.4. The maximum absolute atomic E-state index is 14.1. The molecule has 1 amide bonds. The van der Waals surface area contributed by atoms with Crippen LogP contribution in [0.1, 0.15) is 77.8 Å². The van der Waals surface area contributed by atoms with Crippen LogP contribution < -0.4 is 0 Å². The molecule has 0 saturated carbocycles. The summed E-state index contributed by atoms with van der Waals surface area (Å²) in [4.78, 5) is 28.2. The SMILES string of the molecule is Cc1[nH]c(CN2C(=O)O[C@@H](c3cc(C(F)(F)F)cc(C(F)(F)F)c3)[C@H]2C)c(C(F)(F)F)c1C(=O)OC(C)(C)C. The van der Waals surface area contributed by atoms with E-state index in [2.05, 4.69) is 4.98 Å². The molecule has 2 atom stereocenters. The van der Waals surface area contributed by atoms with Crippen LogP contribution in [0.25, 0.3) is 0 Å². The molecule has 1 aliphatic heterocycles. The number of nitrogens with zero attached hydrogens (tertiary/aromatic N) is 1. The number of ether oxygens (including phenoxy) is 2. The van der Waals surface area contributed by atoms with Crippen molar-refractivity contribution in [2.75, 3.05) is 0 Å². The molecule has 0 unspecified atom stereocenters. The second-order valence-corrected chi connectivity index (χ2v) is 9.99. The summed E-state index contributed by atoms with van der Waals surface area (Å²) in [5.41, 5.74) is -8.18. The number of H-pyrrole nitrogens is 1. The van der Waals surface area contributed by atoms with Crippen molar-refractivity contribution in [2.45, 2.75) is 77.4 Å². The van der Waals surface area contributed by atoms with Crippen molar-refractivity contribution in [3.63, 3.8) is 0 Å². The first kappa shape index (κ1) is 30.2. The number of esters is 1. The molecule has 216 valence electrons. The summed E-state index contributed by atoms with van der Waals surface area (Å²) in [5.74, 6) is -1.28. The lowest BCUT2D eigenvalue weighted by molar-refractivity contribution is -0.143. The molecule has 0 aliphatic carbocycles. The highest BCUT2D eigenvalue weighted by molar-refractivity contribution is 5.93. The van der Waals surface area contributed by atoms with Crippen LogP contribution >= 0.6 is 0 Å². The average molecular weight is 574 g/mol. The van der Waals surface area contributed by atoms with Crippen LogP contribution in [0, 0.1) is 6.92 Å². The third-order valence-electron chi connectivity index (χ3n) is 5.81. The Balaban J connectivity index is 2.02. The Morgan fingerprint density at radius 3 is 1.90 bits per heavy atom. The van der Waals surface area contributed by atoms with Gasteiger partial charge in [0.1, 0.15) is 11.7 Å². The monoisotopic (exact) mass is 574 g/mol. The molecule has 6 nitrogen and oxygen atoms in total. The molecule has 2 aromatic rings. The Kier molecular flexibility index (Phi) is 7.47. The molecule has 1 aliphatic rings. The predicted molar refractivity (Wildman–Crippen MR) is 116 cm³/mol. The molecule has 3 rings (SSSR count). The van der Waals surface area contributed by atoms with Crippen LogP contribution in [0.3, 0.4) is 0 Å². The molecule has 2 heterocycles. The quantitative estimate of drug-likeness (QED) is 0.305. The summed E-state index contributed by atoms with van der Waals surface area (Å²) in [7, 11) is 0. The minimum atomic E-state index is -5.16. The lowest BCUT2D eigenvalue weighted by Gasteiger charge is -2.23. The maximum Gasteiger partial charge on any atom is 0.419 e. The van der Waals surface area contributed by atoms with Crippen molar-refractivity contribution in [1.82, 2.24) is 9.88 Å². The molecule has 15 heteroatoms. The standard InChI is InChI=1S/C24H23F9N2O4/c1-10-16(19(36)39-21(3,4)5)17(24(31,32)33)15(34-10)9-35-11(2)18(38-20(35)37)12-6-13(22(25,26)27)8-14(7-12)23(28,29)30/h6-8,11,18,34H,9H2,1-5H3/t11-,18-/m1/s1. The fourth-order valence-corrected chi connectivity index (χ4v) is 4.18. The van der Waals surface area contributed by atoms with E-state index >= 15 is 0 Å². The lowest BCUT2D eigenvalue weighted by atomic mass is 9.97. The highest BCUT2D eigenvalue weighted by Crippen LogP contribution is 2.42. The van der Waals surface area contributed by atoms with E-state index in [4.69, 9.17) is 9.47 Å². The van der Waals surface area contributed by atoms with E-state index in [0.29, 0.717) is 17.0 Å². The Morgan fingerprint density at radius 2 is 1.46 bits per heavy atom. The zero-order chi connectivity index (χ0) is 29.9. The number of aromatic nitrogens is 1.